The molecule has 3 rings (SSSR count). The second-order valence-corrected chi connectivity index (χ2v) is 7.07. The minimum atomic E-state index is -4.51. The van der Waals surface area contributed by atoms with Crippen molar-refractivity contribution in [3.63, 3.8) is 0 Å². The summed E-state index contributed by atoms with van der Waals surface area (Å²) in [5.41, 5.74) is 6.42. The lowest BCUT2D eigenvalue weighted by molar-refractivity contribution is -0.137. The Labute approximate surface area is 177 Å². The molecule has 0 aromatic heterocycles. The van der Waals surface area contributed by atoms with Crippen molar-refractivity contribution in [2.75, 3.05) is 26.3 Å². The molecular weight excluding hydrogens is 409 g/mol. The van der Waals surface area contributed by atoms with Gasteiger partial charge in [-0.2, -0.15) is 13.2 Å². The summed E-state index contributed by atoms with van der Waals surface area (Å²) >= 11 is 0. The third kappa shape index (κ3) is 4.87. The van der Waals surface area contributed by atoms with Crippen LogP contribution in [0, 0.1) is 0 Å². The van der Waals surface area contributed by atoms with E-state index in [0.29, 0.717) is 33.0 Å². The van der Waals surface area contributed by atoms with E-state index in [-0.39, 0.29) is 38.8 Å². The van der Waals surface area contributed by atoms with Gasteiger partial charge in [0, 0.05) is 25.2 Å². The highest BCUT2D eigenvalue weighted by molar-refractivity contribution is 6.10. The average Bonchev–Trinajstić information content (AvgIpc) is 2.76. The lowest BCUT2D eigenvalue weighted by Crippen LogP contribution is -2.35. The number of aliphatic hydroxyl groups excluding tert-OH is 2. The minimum absolute atomic E-state index is 0.0390. The first kappa shape index (κ1) is 22.7. The number of hydrogen-bond acceptors (Lipinski definition) is 4. The molecule has 3 aromatic carbocycles. The second-order valence-electron chi connectivity index (χ2n) is 7.07. The fourth-order valence-electron chi connectivity index (χ4n) is 3.60. The van der Waals surface area contributed by atoms with E-state index in [4.69, 9.17) is 5.73 Å². The summed E-state index contributed by atoms with van der Waals surface area (Å²) in [7, 11) is 0. The first-order valence-electron chi connectivity index (χ1n) is 9.74. The van der Waals surface area contributed by atoms with Crippen molar-refractivity contribution >= 4 is 16.7 Å². The summed E-state index contributed by atoms with van der Waals surface area (Å²) < 4.78 is 40.2. The average molecular weight is 432 g/mol. The molecule has 0 fully saturated rings. The number of nitrogens with two attached hydrogens (primary N) is 1. The number of carbonyl (C=O) groups is 1. The summed E-state index contributed by atoms with van der Waals surface area (Å²) in [5.74, 6) is -0.377. The number of hydrogen-bond donors (Lipinski definition) is 3. The molecule has 0 unspecified atom stereocenters. The lowest BCUT2D eigenvalue weighted by atomic mass is 9.93. The maximum atomic E-state index is 13.4. The number of amides is 1. The first-order valence-corrected chi connectivity index (χ1v) is 9.74. The topological polar surface area (TPSA) is 86.8 Å². The van der Waals surface area contributed by atoms with Crippen LogP contribution in [0.25, 0.3) is 21.9 Å². The Morgan fingerprint density at radius 3 is 2.19 bits per heavy atom. The molecule has 3 aromatic rings. The molecule has 0 saturated carbocycles. The fourth-order valence-corrected chi connectivity index (χ4v) is 3.60. The van der Waals surface area contributed by atoms with Crippen LogP contribution in [-0.2, 0) is 12.7 Å². The maximum Gasteiger partial charge on any atom is 0.416 e. The van der Waals surface area contributed by atoms with Crippen LogP contribution in [0.2, 0.25) is 0 Å². The van der Waals surface area contributed by atoms with E-state index in [1.54, 1.807) is 42.5 Å². The van der Waals surface area contributed by atoms with Crippen molar-refractivity contribution in [3.8, 4) is 11.1 Å². The minimum Gasteiger partial charge on any atom is -0.395 e. The van der Waals surface area contributed by atoms with Gasteiger partial charge < -0.3 is 20.8 Å². The van der Waals surface area contributed by atoms with Crippen LogP contribution in [0.5, 0.6) is 0 Å². The molecule has 0 saturated heterocycles. The Morgan fingerprint density at radius 1 is 0.935 bits per heavy atom. The maximum absolute atomic E-state index is 13.4. The van der Waals surface area contributed by atoms with Crippen LogP contribution < -0.4 is 5.73 Å². The van der Waals surface area contributed by atoms with Gasteiger partial charge in [0.15, 0.2) is 0 Å². The number of fused-ring (bicyclic) bond motifs is 1. The van der Waals surface area contributed by atoms with Gasteiger partial charge in [0.05, 0.1) is 18.8 Å². The largest absolute Gasteiger partial charge is 0.416 e. The molecule has 4 N–H and O–H groups in total. The summed E-state index contributed by atoms with van der Waals surface area (Å²) in [6, 6.07) is 13.8. The number of benzene rings is 3. The molecule has 0 atom stereocenters. The summed E-state index contributed by atoms with van der Waals surface area (Å²) in [4.78, 5) is 14.3. The van der Waals surface area contributed by atoms with Gasteiger partial charge in [-0.1, -0.05) is 30.3 Å². The quantitative estimate of drug-likeness (QED) is 0.534. The van der Waals surface area contributed by atoms with Gasteiger partial charge in [-0.05, 0) is 51.7 Å². The molecule has 0 aliphatic carbocycles. The summed E-state index contributed by atoms with van der Waals surface area (Å²) in [6.45, 7) is -0.434. The molecule has 0 radical (unpaired) electrons. The van der Waals surface area contributed by atoms with Crippen molar-refractivity contribution in [3.05, 3.63) is 71.3 Å². The van der Waals surface area contributed by atoms with Gasteiger partial charge in [-0.3, -0.25) is 4.79 Å². The third-order valence-corrected chi connectivity index (χ3v) is 5.05. The van der Waals surface area contributed by atoms with Crippen molar-refractivity contribution in [1.82, 2.24) is 4.90 Å². The Morgan fingerprint density at radius 2 is 1.58 bits per heavy atom. The standard InChI is InChI=1S/C23H23F3N2O3/c24-23(25,26)17-12-15(14-27)11-16(13-17)18-3-1-5-20-19(18)4-2-6-21(20)22(31)28(7-9-29)8-10-30/h1-6,11-13,29-30H,7-10,14,27H2. The predicted molar refractivity (Wildman–Crippen MR) is 112 cm³/mol. The van der Waals surface area contributed by atoms with Crippen molar-refractivity contribution < 1.29 is 28.2 Å². The number of alkyl halides is 3. The van der Waals surface area contributed by atoms with Gasteiger partial charge in [-0.15, -0.1) is 0 Å². The molecule has 5 nitrogen and oxygen atoms in total. The zero-order chi connectivity index (χ0) is 22.6. The van der Waals surface area contributed by atoms with E-state index in [2.05, 4.69) is 0 Å². The molecule has 0 bridgehead atoms. The van der Waals surface area contributed by atoms with Crippen molar-refractivity contribution in [1.29, 1.82) is 0 Å². The Hall–Kier alpha value is -2.94. The van der Waals surface area contributed by atoms with Crippen molar-refractivity contribution in [2.24, 2.45) is 5.73 Å². The molecule has 0 spiro atoms. The third-order valence-electron chi connectivity index (χ3n) is 5.05. The van der Waals surface area contributed by atoms with Crippen LogP contribution in [0.1, 0.15) is 21.5 Å². The van der Waals surface area contributed by atoms with E-state index < -0.39 is 11.7 Å². The Balaban J connectivity index is 2.17. The van der Waals surface area contributed by atoms with E-state index in [0.717, 1.165) is 12.1 Å². The first-order chi connectivity index (χ1) is 14.8. The summed E-state index contributed by atoms with van der Waals surface area (Å²) in [5, 5.41) is 19.6. The lowest BCUT2D eigenvalue weighted by Gasteiger charge is -2.22. The van der Waals surface area contributed by atoms with E-state index in [1.807, 2.05) is 0 Å². The molecule has 8 heteroatoms. The normalized spacial score (nSPS) is 11.7. The van der Waals surface area contributed by atoms with Crippen molar-refractivity contribution in [2.45, 2.75) is 12.7 Å². The van der Waals surface area contributed by atoms with Gasteiger partial charge >= 0.3 is 6.18 Å². The number of aliphatic hydroxyl groups is 2. The molecule has 0 aliphatic heterocycles. The van der Waals surface area contributed by atoms with Crippen LogP contribution in [-0.4, -0.2) is 47.3 Å². The van der Waals surface area contributed by atoms with Crippen LogP contribution in [0.4, 0.5) is 13.2 Å². The molecular formula is C23H23F3N2O3. The monoisotopic (exact) mass is 432 g/mol. The zero-order valence-electron chi connectivity index (χ0n) is 16.7. The molecule has 0 heterocycles. The number of rotatable bonds is 7. The van der Waals surface area contributed by atoms with Gasteiger partial charge in [0.25, 0.3) is 5.91 Å². The van der Waals surface area contributed by atoms with E-state index in [9.17, 15) is 28.2 Å². The van der Waals surface area contributed by atoms with Gasteiger partial charge in [0.2, 0.25) is 0 Å². The molecule has 0 aliphatic rings. The highest BCUT2D eigenvalue weighted by Gasteiger charge is 2.31. The number of nitrogens with zero attached hydrogens (tertiary/aromatic N) is 1. The van der Waals surface area contributed by atoms with E-state index in [1.165, 1.54) is 4.90 Å². The van der Waals surface area contributed by atoms with E-state index >= 15 is 0 Å². The Kier molecular flexibility index (Phi) is 6.94. The van der Waals surface area contributed by atoms with Gasteiger partial charge in [-0.25, -0.2) is 0 Å². The predicted octanol–water partition coefficient (Wildman–Crippen LogP) is 3.41. The fraction of sp³-hybridized carbons (Fsp3) is 0.261. The second kappa shape index (κ2) is 9.47. The SMILES string of the molecule is NCc1cc(-c2cccc3c(C(=O)N(CCO)CCO)cccc23)cc(C(F)(F)F)c1. The number of halogens is 3. The Bertz CT molecular complexity index is 1080. The highest BCUT2D eigenvalue weighted by atomic mass is 19.4. The smallest absolute Gasteiger partial charge is 0.395 e. The zero-order valence-corrected chi connectivity index (χ0v) is 16.7. The van der Waals surface area contributed by atoms with Crippen LogP contribution in [0.15, 0.2) is 54.6 Å². The molecule has 1 amide bonds. The highest BCUT2D eigenvalue weighted by Crippen LogP contribution is 2.36. The number of carbonyl (C=O) groups excluding carboxylic acids is 1. The molecule has 31 heavy (non-hydrogen) atoms. The van der Waals surface area contributed by atoms with Gasteiger partial charge in [0.1, 0.15) is 0 Å². The summed E-state index contributed by atoms with van der Waals surface area (Å²) in [6.07, 6.45) is -4.51. The van der Waals surface area contributed by atoms with Crippen LogP contribution >= 0.6 is 0 Å². The molecule has 164 valence electrons. The van der Waals surface area contributed by atoms with Crippen LogP contribution in [0.3, 0.4) is 0 Å².